The van der Waals surface area contributed by atoms with Crippen LogP contribution in [0.3, 0.4) is 0 Å². The van der Waals surface area contributed by atoms with E-state index in [0.717, 1.165) is 5.92 Å². The van der Waals surface area contributed by atoms with Crippen LogP contribution in [0.4, 0.5) is 0 Å². The summed E-state index contributed by atoms with van der Waals surface area (Å²) in [6.07, 6.45) is 12.5. The molecule has 0 bridgehead atoms. The number of rotatable bonds is 10. The molecule has 0 heteroatoms. The van der Waals surface area contributed by atoms with E-state index in [1.807, 2.05) is 0 Å². The van der Waals surface area contributed by atoms with Crippen LogP contribution in [-0.4, -0.2) is 0 Å². The molecule has 1 atom stereocenters. The first kappa shape index (κ1) is 15.3. The van der Waals surface area contributed by atoms with E-state index in [0.29, 0.717) is 0 Å². The smallest absolute Gasteiger partial charge is 0.0250 e. The highest BCUT2D eigenvalue weighted by Crippen LogP contribution is 2.19. The summed E-state index contributed by atoms with van der Waals surface area (Å²) < 4.78 is 0. The number of unbranched alkanes of at least 4 members (excludes halogenated alkanes) is 5. The van der Waals surface area contributed by atoms with Crippen LogP contribution in [0.2, 0.25) is 0 Å². The van der Waals surface area contributed by atoms with Gasteiger partial charge in [-0.25, -0.2) is 0 Å². The van der Waals surface area contributed by atoms with E-state index in [-0.39, 0.29) is 0 Å². The molecule has 0 heterocycles. The Morgan fingerprint density at radius 2 is 1.50 bits per heavy atom. The maximum Gasteiger partial charge on any atom is -0.0250 e. The highest BCUT2D eigenvalue weighted by Gasteiger charge is 2.06. The largest absolute Gasteiger partial charge is 0.0654 e. The fourth-order valence-electron chi connectivity index (χ4n) is 2.61. The van der Waals surface area contributed by atoms with Gasteiger partial charge in [-0.3, -0.25) is 0 Å². The molecule has 0 saturated heterocycles. The molecule has 0 aliphatic rings. The van der Waals surface area contributed by atoms with Crippen molar-refractivity contribution in [3.05, 3.63) is 35.9 Å². The molecule has 1 aromatic carbocycles. The molecule has 1 aromatic rings. The van der Waals surface area contributed by atoms with Crippen LogP contribution in [0.15, 0.2) is 30.3 Å². The molecule has 0 radical (unpaired) electrons. The SMILES string of the molecule is CCCCCCCCC(CC)Cc1ccccc1. The molecule has 18 heavy (non-hydrogen) atoms. The Kier molecular flexibility index (Phi) is 8.63. The van der Waals surface area contributed by atoms with Crippen LogP contribution in [0, 0.1) is 5.92 Å². The second-order valence-corrected chi connectivity index (χ2v) is 5.52. The van der Waals surface area contributed by atoms with E-state index >= 15 is 0 Å². The van der Waals surface area contributed by atoms with Crippen LogP contribution < -0.4 is 0 Å². The lowest BCUT2D eigenvalue weighted by Gasteiger charge is -2.14. The quantitative estimate of drug-likeness (QED) is 0.444. The summed E-state index contributed by atoms with van der Waals surface area (Å²) in [6, 6.07) is 11.0. The molecule has 102 valence electrons. The van der Waals surface area contributed by atoms with E-state index in [9.17, 15) is 0 Å². The van der Waals surface area contributed by atoms with Crippen molar-refractivity contribution in [1.82, 2.24) is 0 Å². The first-order chi connectivity index (χ1) is 8.86. The van der Waals surface area contributed by atoms with E-state index in [1.54, 1.807) is 0 Å². The van der Waals surface area contributed by atoms with Gasteiger partial charge in [-0.15, -0.1) is 0 Å². The monoisotopic (exact) mass is 246 g/mol. The third kappa shape index (κ3) is 6.83. The minimum Gasteiger partial charge on any atom is -0.0654 e. The van der Waals surface area contributed by atoms with Crippen molar-refractivity contribution < 1.29 is 0 Å². The lowest BCUT2D eigenvalue weighted by Crippen LogP contribution is -2.03. The fraction of sp³-hybridized carbons (Fsp3) is 0.667. The lowest BCUT2D eigenvalue weighted by molar-refractivity contribution is 0.436. The van der Waals surface area contributed by atoms with Crippen molar-refractivity contribution in [3.63, 3.8) is 0 Å². The zero-order chi connectivity index (χ0) is 13.1. The van der Waals surface area contributed by atoms with Crippen LogP contribution in [0.25, 0.3) is 0 Å². The molecule has 0 aliphatic carbocycles. The van der Waals surface area contributed by atoms with Crippen LogP contribution in [-0.2, 0) is 6.42 Å². The molecule has 0 amide bonds. The summed E-state index contributed by atoms with van der Waals surface area (Å²) in [7, 11) is 0. The number of benzene rings is 1. The average molecular weight is 246 g/mol. The van der Waals surface area contributed by atoms with Crippen molar-refractivity contribution in [2.75, 3.05) is 0 Å². The Morgan fingerprint density at radius 1 is 0.833 bits per heavy atom. The van der Waals surface area contributed by atoms with Crippen LogP contribution >= 0.6 is 0 Å². The molecular formula is C18H30. The van der Waals surface area contributed by atoms with Gasteiger partial charge in [-0.2, -0.15) is 0 Å². The van der Waals surface area contributed by atoms with Crippen LogP contribution in [0.5, 0.6) is 0 Å². The predicted octanol–water partition coefficient (Wildman–Crippen LogP) is 6.01. The molecule has 0 spiro atoms. The Bertz CT molecular complexity index is 275. The molecule has 1 rings (SSSR count). The molecule has 0 fully saturated rings. The van der Waals surface area contributed by atoms with Gasteiger partial charge >= 0.3 is 0 Å². The molecule has 0 aromatic heterocycles. The van der Waals surface area contributed by atoms with Gasteiger partial charge < -0.3 is 0 Å². The summed E-state index contributed by atoms with van der Waals surface area (Å²) in [5.74, 6) is 0.888. The van der Waals surface area contributed by atoms with E-state index in [4.69, 9.17) is 0 Å². The molecule has 0 saturated carbocycles. The number of hydrogen-bond donors (Lipinski definition) is 0. The third-order valence-corrected chi connectivity index (χ3v) is 3.91. The van der Waals surface area contributed by atoms with Crippen molar-refractivity contribution in [2.24, 2.45) is 5.92 Å². The second kappa shape index (κ2) is 10.2. The van der Waals surface area contributed by atoms with Gasteiger partial charge in [-0.1, -0.05) is 95.5 Å². The summed E-state index contributed by atoms with van der Waals surface area (Å²) in [6.45, 7) is 4.62. The van der Waals surface area contributed by atoms with E-state index in [2.05, 4.69) is 44.2 Å². The second-order valence-electron chi connectivity index (χ2n) is 5.52. The Labute approximate surface area is 114 Å². The summed E-state index contributed by atoms with van der Waals surface area (Å²) >= 11 is 0. The zero-order valence-corrected chi connectivity index (χ0v) is 12.3. The van der Waals surface area contributed by atoms with Gasteiger partial charge in [0.1, 0.15) is 0 Å². The van der Waals surface area contributed by atoms with E-state index < -0.39 is 0 Å². The summed E-state index contributed by atoms with van der Waals surface area (Å²) in [4.78, 5) is 0. The highest BCUT2D eigenvalue weighted by molar-refractivity contribution is 5.15. The van der Waals surface area contributed by atoms with Crippen molar-refractivity contribution in [1.29, 1.82) is 0 Å². The molecule has 0 nitrogen and oxygen atoms in total. The normalized spacial score (nSPS) is 12.6. The number of hydrogen-bond acceptors (Lipinski definition) is 0. The highest BCUT2D eigenvalue weighted by atomic mass is 14.1. The van der Waals surface area contributed by atoms with E-state index in [1.165, 1.54) is 63.4 Å². The maximum atomic E-state index is 2.34. The third-order valence-electron chi connectivity index (χ3n) is 3.91. The Morgan fingerprint density at radius 3 is 2.17 bits per heavy atom. The average Bonchev–Trinajstić information content (AvgIpc) is 2.42. The maximum absolute atomic E-state index is 2.34. The standard InChI is InChI=1S/C18H30/c1-3-5-6-7-8-10-13-17(4-2)16-18-14-11-9-12-15-18/h9,11-12,14-15,17H,3-8,10,13,16H2,1-2H3. The van der Waals surface area contributed by atoms with Gasteiger partial charge in [0.05, 0.1) is 0 Å². The van der Waals surface area contributed by atoms with Gasteiger partial charge in [0.15, 0.2) is 0 Å². The van der Waals surface area contributed by atoms with Gasteiger partial charge in [-0.05, 0) is 17.9 Å². The minimum absolute atomic E-state index is 0.888. The first-order valence-electron chi connectivity index (χ1n) is 7.90. The first-order valence-corrected chi connectivity index (χ1v) is 7.90. The predicted molar refractivity (Wildman–Crippen MR) is 81.9 cm³/mol. The summed E-state index contributed by atoms with van der Waals surface area (Å²) in [5.41, 5.74) is 1.51. The van der Waals surface area contributed by atoms with Crippen molar-refractivity contribution in [3.8, 4) is 0 Å². The van der Waals surface area contributed by atoms with Gasteiger partial charge in [0, 0.05) is 0 Å². The zero-order valence-electron chi connectivity index (χ0n) is 12.3. The molecule has 0 N–H and O–H groups in total. The van der Waals surface area contributed by atoms with Gasteiger partial charge in [0.2, 0.25) is 0 Å². The van der Waals surface area contributed by atoms with Crippen molar-refractivity contribution in [2.45, 2.75) is 71.6 Å². The summed E-state index contributed by atoms with van der Waals surface area (Å²) in [5, 5.41) is 0. The minimum atomic E-state index is 0.888. The topological polar surface area (TPSA) is 0 Å². The molecule has 0 aliphatic heterocycles. The van der Waals surface area contributed by atoms with Gasteiger partial charge in [0.25, 0.3) is 0 Å². The lowest BCUT2D eigenvalue weighted by atomic mass is 9.91. The van der Waals surface area contributed by atoms with Crippen LogP contribution in [0.1, 0.15) is 70.8 Å². The molecule has 1 unspecified atom stereocenters. The Hall–Kier alpha value is -0.780. The fourth-order valence-corrected chi connectivity index (χ4v) is 2.61. The Balaban J connectivity index is 2.14. The molecular weight excluding hydrogens is 216 g/mol. The van der Waals surface area contributed by atoms with Crippen molar-refractivity contribution >= 4 is 0 Å².